The summed E-state index contributed by atoms with van der Waals surface area (Å²) in [5.41, 5.74) is 13.2. The maximum atomic E-state index is 12.1. The van der Waals surface area contributed by atoms with Crippen LogP contribution in [0.25, 0.3) is 0 Å². The number of hydrogen-bond donors (Lipinski definition) is 5. The third kappa shape index (κ3) is 4.63. The largest absolute Gasteiger partial charge is 0.365 e. The number of pyridine rings is 1. The van der Waals surface area contributed by atoms with E-state index in [1.54, 1.807) is 24.4 Å². The summed E-state index contributed by atoms with van der Waals surface area (Å²) in [7, 11) is 0. The minimum Gasteiger partial charge on any atom is -0.365 e. The third-order valence-corrected chi connectivity index (χ3v) is 5.29. The number of aromatic nitrogens is 1. The topological polar surface area (TPSA) is 130 Å². The maximum absolute atomic E-state index is 12.1. The summed E-state index contributed by atoms with van der Waals surface area (Å²) in [5.74, 6) is 0.191. The van der Waals surface area contributed by atoms with Crippen LogP contribution in [0.15, 0.2) is 46.5 Å². The summed E-state index contributed by atoms with van der Waals surface area (Å²) < 4.78 is 0. The molecule has 0 bridgehead atoms. The van der Waals surface area contributed by atoms with E-state index in [1.807, 2.05) is 6.92 Å². The van der Waals surface area contributed by atoms with Gasteiger partial charge in [0.2, 0.25) is 5.96 Å². The summed E-state index contributed by atoms with van der Waals surface area (Å²) in [5, 5.41) is 9.74. The molecule has 0 saturated heterocycles. The molecule has 1 amide bonds. The first kappa shape index (κ1) is 20.2. The molecule has 1 fully saturated rings. The Morgan fingerprint density at radius 3 is 2.79 bits per heavy atom. The van der Waals surface area contributed by atoms with Crippen LogP contribution in [0.1, 0.15) is 39.0 Å². The van der Waals surface area contributed by atoms with Crippen molar-refractivity contribution in [1.29, 1.82) is 0 Å². The maximum Gasteiger partial charge on any atom is 0.254 e. The molecule has 28 heavy (non-hydrogen) atoms. The minimum absolute atomic E-state index is 0.244. The molecule has 3 rings (SSSR count). The number of nitrogens with zero attached hydrogens (tertiary/aromatic N) is 2. The highest BCUT2D eigenvalue weighted by Crippen LogP contribution is 2.26. The van der Waals surface area contributed by atoms with Crippen molar-refractivity contribution >= 4 is 29.2 Å². The zero-order chi connectivity index (χ0) is 20.1. The van der Waals surface area contributed by atoms with Gasteiger partial charge in [-0.15, -0.1) is 0 Å². The summed E-state index contributed by atoms with van der Waals surface area (Å²) in [6.07, 6.45) is 8.79. The van der Waals surface area contributed by atoms with Crippen molar-refractivity contribution in [2.24, 2.45) is 16.5 Å². The molecule has 0 spiro atoms. The first-order valence-electron chi connectivity index (χ1n) is 9.39. The van der Waals surface area contributed by atoms with Crippen molar-refractivity contribution in [3.8, 4) is 0 Å². The Bertz CT molecular complexity index is 840. The fraction of sp³-hybridized carbons (Fsp3) is 0.421. The number of anilines is 1. The average Bonchev–Trinajstić information content (AvgIpc) is 2.68. The SMILES string of the molecule is CC=C1NC(NCC2(N)CCCCC2)=NC(Nc2cccnc2Cl)=C1C(N)=O. The molecular formula is C19H26ClN7O. The smallest absolute Gasteiger partial charge is 0.254 e. The lowest BCUT2D eigenvalue weighted by Crippen LogP contribution is -2.54. The van der Waals surface area contributed by atoms with Crippen LogP contribution in [0.4, 0.5) is 5.69 Å². The zero-order valence-electron chi connectivity index (χ0n) is 15.9. The monoisotopic (exact) mass is 403 g/mol. The summed E-state index contributed by atoms with van der Waals surface area (Å²) in [6, 6.07) is 3.48. The van der Waals surface area contributed by atoms with Crippen molar-refractivity contribution in [2.75, 3.05) is 11.9 Å². The second-order valence-electron chi connectivity index (χ2n) is 7.12. The van der Waals surface area contributed by atoms with E-state index in [2.05, 4.69) is 25.9 Å². The van der Waals surface area contributed by atoms with Crippen LogP contribution in [0, 0.1) is 0 Å². The second-order valence-corrected chi connectivity index (χ2v) is 7.48. The molecule has 150 valence electrons. The van der Waals surface area contributed by atoms with E-state index in [4.69, 9.17) is 23.1 Å². The van der Waals surface area contributed by atoms with Gasteiger partial charge in [0, 0.05) is 18.3 Å². The van der Waals surface area contributed by atoms with Gasteiger partial charge in [-0.05, 0) is 31.9 Å². The molecule has 1 aromatic heterocycles. The van der Waals surface area contributed by atoms with E-state index < -0.39 is 5.91 Å². The van der Waals surface area contributed by atoms with Gasteiger partial charge in [0.05, 0.1) is 11.4 Å². The first-order chi connectivity index (χ1) is 13.4. The average molecular weight is 404 g/mol. The first-order valence-corrected chi connectivity index (χ1v) is 9.76. The molecule has 1 aliphatic carbocycles. The third-order valence-electron chi connectivity index (χ3n) is 4.99. The quantitative estimate of drug-likeness (QED) is 0.477. The number of carbonyl (C=O) groups excluding carboxylic acids is 1. The molecule has 0 aromatic carbocycles. The van der Waals surface area contributed by atoms with Crippen LogP contribution in [0.5, 0.6) is 0 Å². The normalized spacial score (nSPS) is 20.4. The van der Waals surface area contributed by atoms with Crippen LogP contribution in [0.2, 0.25) is 5.15 Å². The predicted molar refractivity (Wildman–Crippen MR) is 111 cm³/mol. The highest BCUT2D eigenvalue weighted by atomic mass is 35.5. The number of amides is 1. The summed E-state index contributed by atoms with van der Waals surface area (Å²) >= 11 is 6.14. The molecule has 8 nitrogen and oxygen atoms in total. The Morgan fingerprint density at radius 2 is 2.14 bits per heavy atom. The Kier molecular flexibility index (Phi) is 6.21. The molecule has 1 aliphatic heterocycles. The molecular weight excluding hydrogens is 378 g/mol. The van der Waals surface area contributed by atoms with Gasteiger partial charge in [-0.3, -0.25) is 4.79 Å². The fourth-order valence-electron chi connectivity index (χ4n) is 3.45. The minimum atomic E-state index is -0.603. The van der Waals surface area contributed by atoms with Gasteiger partial charge >= 0.3 is 0 Å². The second kappa shape index (κ2) is 8.62. The van der Waals surface area contributed by atoms with E-state index in [-0.39, 0.29) is 16.3 Å². The summed E-state index contributed by atoms with van der Waals surface area (Å²) in [6.45, 7) is 2.40. The van der Waals surface area contributed by atoms with Crippen molar-refractivity contribution in [3.63, 3.8) is 0 Å². The lowest BCUT2D eigenvalue weighted by Gasteiger charge is -2.34. The fourth-order valence-corrected chi connectivity index (χ4v) is 3.62. The van der Waals surface area contributed by atoms with E-state index >= 15 is 0 Å². The zero-order valence-corrected chi connectivity index (χ0v) is 16.6. The van der Waals surface area contributed by atoms with E-state index in [9.17, 15) is 4.79 Å². The summed E-state index contributed by atoms with van der Waals surface area (Å²) in [4.78, 5) is 20.6. The van der Waals surface area contributed by atoms with Crippen LogP contribution in [-0.2, 0) is 4.79 Å². The van der Waals surface area contributed by atoms with Gasteiger partial charge in [-0.25, -0.2) is 4.98 Å². The number of aliphatic imine (C=N–C) groups is 1. The van der Waals surface area contributed by atoms with Gasteiger partial charge < -0.3 is 27.4 Å². The molecule has 1 aromatic rings. The van der Waals surface area contributed by atoms with Crippen molar-refractivity contribution in [1.82, 2.24) is 15.6 Å². The number of guanidine groups is 1. The van der Waals surface area contributed by atoms with Gasteiger partial charge in [0.1, 0.15) is 11.4 Å². The molecule has 7 N–H and O–H groups in total. The number of carbonyl (C=O) groups is 1. The number of nitrogens with two attached hydrogens (primary N) is 2. The standard InChI is InChI=1S/C19H26ClN7O/c1-2-12-14(16(21)28)17(25-13-7-6-10-23-15(13)20)27-18(26-12)24-11-19(22)8-4-3-5-9-19/h2,6-7,10,25H,3-5,8-9,11,22H2,1H3,(H2,21,28)(H2,24,26,27). The van der Waals surface area contributed by atoms with Gasteiger partial charge in [-0.1, -0.05) is 36.9 Å². The van der Waals surface area contributed by atoms with Gasteiger partial charge in [-0.2, -0.15) is 4.99 Å². The highest BCUT2D eigenvalue weighted by molar-refractivity contribution is 6.32. The number of hydrogen-bond acceptors (Lipinski definition) is 7. The molecule has 1 saturated carbocycles. The molecule has 0 unspecified atom stereocenters. The van der Waals surface area contributed by atoms with Gasteiger partial charge in [0.25, 0.3) is 5.91 Å². The van der Waals surface area contributed by atoms with Crippen molar-refractivity contribution in [3.05, 3.63) is 46.6 Å². The van der Waals surface area contributed by atoms with E-state index in [0.29, 0.717) is 29.7 Å². The van der Waals surface area contributed by atoms with Gasteiger partial charge in [0.15, 0.2) is 5.15 Å². The van der Waals surface area contributed by atoms with Crippen LogP contribution >= 0.6 is 11.6 Å². The predicted octanol–water partition coefficient (Wildman–Crippen LogP) is 1.96. The van der Waals surface area contributed by atoms with Crippen molar-refractivity contribution < 1.29 is 4.79 Å². The van der Waals surface area contributed by atoms with E-state index in [0.717, 1.165) is 25.7 Å². The number of nitrogens with one attached hydrogen (secondary N) is 3. The number of allylic oxidation sites excluding steroid dienone is 1. The van der Waals surface area contributed by atoms with Crippen LogP contribution < -0.4 is 27.4 Å². The number of rotatable bonds is 5. The highest BCUT2D eigenvalue weighted by Gasteiger charge is 2.29. The Morgan fingerprint density at radius 1 is 1.39 bits per heavy atom. The lowest BCUT2D eigenvalue weighted by molar-refractivity contribution is -0.114. The van der Waals surface area contributed by atoms with Crippen molar-refractivity contribution in [2.45, 2.75) is 44.6 Å². The Hall–Kier alpha value is -2.58. The Balaban J connectivity index is 1.87. The molecule has 0 radical (unpaired) electrons. The Labute approximate surface area is 169 Å². The molecule has 2 heterocycles. The number of halogens is 1. The van der Waals surface area contributed by atoms with Crippen LogP contribution in [0.3, 0.4) is 0 Å². The lowest BCUT2D eigenvalue weighted by atomic mass is 9.82. The van der Waals surface area contributed by atoms with Crippen LogP contribution in [-0.4, -0.2) is 28.9 Å². The number of primary amides is 1. The van der Waals surface area contributed by atoms with E-state index in [1.165, 1.54) is 6.42 Å². The molecule has 9 heteroatoms. The molecule has 0 atom stereocenters. The molecule has 2 aliphatic rings.